The molecule has 0 amide bonds. The Labute approximate surface area is 118 Å². The van der Waals surface area contributed by atoms with E-state index < -0.39 is 10.1 Å². The normalized spacial score (nSPS) is 19.8. The lowest BCUT2D eigenvalue weighted by Crippen LogP contribution is -2.36. The molecule has 1 atom stereocenters. The van der Waals surface area contributed by atoms with Crippen molar-refractivity contribution in [2.45, 2.75) is 64.8 Å². The van der Waals surface area contributed by atoms with E-state index in [0.29, 0.717) is 18.5 Å². The summed E-state index contributed by atoms with van der Waals surface area (Å²) in [5.41, 5.74) is 0. The monoisotopic (exact) mass is 291 g/mol. The minimum atomic E-state index is -3.86. The molecule has 1 unspecified atom stereocenters. The fraction of sp³-hybridized carbons (Fsp3) is 1.00. The Hall–Kier alpha value is -0.130. The summed E-state index contributed by atoms with van der Waals surface area (Å²) in [7, 11) is -3.86. The minimum Gasteiger partial charge on any atom is -0.314 e. The van der Waals surface area contributed by atoms with Gasteiger partial charge in [-0.15, -0.1) is 0 Å². The van der Waals surface area contributed by atoms with Gasteiger partial charge in [0.15, 0.2) is 0 Å². The van der Waals surface area contributed by atoms with Gasteiger partial charge in [-0.05, 0) is 37.6 Å². The van der Waals surface area contributed by atoms with Crippen molar-refractivity contribution >= 4 is 10.1 Å². The van der Waals surface area contributed by atoms with Crippen LogP contribution in [-0.4, -0.2) is 31.3 Å². The third kappa shape index (κ3) is 8.60. The first-order valence-corrected chi connectivity index (χ1v) is 9.16. The van der Waals surface area contributed by atoms with Crippen molar-refractivity contribution in [3.63, 3.8) is 0 Å². The molecule has 19 heavy (non-hydrogen) atoms. The van der Waals surface area contributed by atoms with E-state index in [4.69, 9.17) is 4.55 Å². The van der Waals surface area contributed by atoms with Crippen LogP contribution in [0.25, 0.3) is 0 Å². The van der Waals surface area contributed by atoms with Gasteiger partial charge >= 0.3 is 0 Å². The average Bonchev–Trinajstić information content (AvgIpc) is 2.32. The first-order valence-electron chi connectivity index (χ1n) is 7.55. The van der Waals surface area contributed by atoms with Crippen LogP contribution in [0.3, 0.4) is 0 Å². The molecule has 0 bridgehead atoms. The summed E-state index contributed by atoms with van der Waals surface area (Å²) in [4.78, 5) is 0. The number of hydrogen-bond acceptors (Lipinski definition) is 3. The summed E-state index contributed by atoms with van der Waals surface area (Å²) >= 11 is 0. The molecule has 2 N–H and O–H groups in total. The molecule has 0 aromatic rings. The fourth-order valence-corrected chi connectivity index (χ4v) is 3.63. The Morgan fingerprint density at radius 3 is 2.32 bits per heavy atom. The topological polar surface area (TPSA) is 66.4 Å². The summed E-state index contributed by atoms with van der Waals surface area (Å²) < 4.78 is 31.2. The van der Waals surface area contributed by atoms with Crippen molar-refractivity contribution in [2.24, 2.45) is 11.8 Å². The Bertz CT molecular complexity index is 335. The summed E-state index contributed by atoms with van der Waals surface area (Å²) in [5, 5.41) is 3.49. The summed E-state index contributed by atoms with van der Waals surface area (Å²) in [5.74, 6) is 0.484. The molecule has 114 valence electrons. The van der Waals surface area contributed by atoms with Crippen molar-refractivity contribution in [1.29, 1.82) is 0 Å². The Morgan fingerprint density at radius 2 is 1.79 bits per heavy atom. The predicted octanol–water partition coefficient (Wildman–Crippen LogP) is 2.85. The number of rotatable bonds is 8. The van der Waals surface area contributed by atoms with Gasteiger partial charge in [-0.3, -0.25) is 4.55 Å². The van der Waals surface area contributed by atoms with Crippen LogP contribution in [0.1, 0.15) is 58.8 Å². The average molecular weight is 291 g/mol. The van der Waals surface area contributed by atoms with E-state index in [2.05, 4.69) is 19.2 Å². The molecule has 1 saturated carbocycles. The molecule has 0 aliphatic heterocycles. The van der Waals surface area contributed by atoms with Crippen molar-refractivity contribution in [3.05, 3.63) is 0 Å². The van der Waals surface area contributed by atoms with Crippen LogP contribution < -0.4 is 5.32 Å². The maximum atomic E-state index is 11.1. The highest BCUT2D eigenvalue weighted by Crippen LogP contribution is 2.19. The maximum Gasteiger partial charge on any atom is 0.265 e. The highest BCUT2D eigenvalue weighted by atomic mass is 32.2. The fourth-order valence-electron chi connectivity index (χ4n) is 2.75. The van der Waals surface area contributed by atoms with Gasteiger partial charge in [-0.1, -0.05) is 39.5 Å². The van der Waals surface area contributed by atoms with E-state index >= 15 is 0 Å². The van der Waals surface area contributed by atoms with Crippen molar-refractivity contribution < 1.29 is 13.0 Å². The molecule has 4 nitrogen and oxygen atoms in total. The van der Waals surface area contributed by atoms with E-state index in [1.165, 1.54) is 32.1 Å². The van der Waals surface area contributed by atoms with Gasteiger partial charge in [0.2, 0.25) is 0 Å². The summed E-state index contributed by atoms with van der Waals surface area (Å²) in [6.45, 7) is 4.98. The minimum absolute atomic E-state index is 0.0272. The zero-order chi connectivity index (χ0) is 14.3. The lowest BCUT2D eigenvalue weighted by Gasteiger charge is -2.25. The lowest BCUT2D eigenvalue weighted by atomic mass is 9.94. The third-order valence-electron chi connectivity index (χ3n) is 3.90. The first-order chi connectivity index (χ1) is 8.87. The zero-order valence-corrected chi connectivity index (χ0v) is 13.1. The SMILES string of the molecule is CC(C)CCC(CNC1CCCCC1)CS(=O)(=O)O. The molecular weight excluding hydrogens is 262 g/mol. The molecule has 5 heteroatoms. The Balaban J connectivity index is 2.38. The molecule has 0 heterocycles. The highest BCUT2D eigenvalue weighted by Gasteiger charge is 2.20. The third-order valence-corrected chi connectivity index (χ3v) is 4.79. The van der Waals surface area contributed by atoms with Gasteiger partial charge in [0.05, 0.1) is 5.75 Å². The quantitative estimate of drug-likeness (QED) is 0.675. The smallest absolute Gasteiger partial charge is 0.265 e. The molecular formula is C14H29NO3S. The van der Waals surface area contributed by atoms with E-state index in [9.17, 15) is 8.42 Å². The molecule has 0 spiro atoms. The largest absolute Gasteiger partial charge is 0.314 e. The van der Waals surface area contributed by atoms with Crippen LogP contribution in [0.4, 0.5) is 0 Å². The standard InChI is InChI=1S/C14H29NO3S/c1-12(2)8-9-13(11-19(16,17)18)10-15-14-6-4-3-5-7-14/h12-15H,3-11H2,1-2H3,(H,16,17,18). The second-order valence-corrected chi connectivity index (χ2v) is 7.83. The molecule has 0 aromatic carbocycles. The number of nitrogens with one attached hydrogen (secondary N) is 1. The van der Waals surface area contributed by atoms with Gasteiger partial charge in [0.25, 0.3) is 10.1 Å². The highest BCUT2D eigenvalue weighted by molar-refractivity contribution is 7.85. The maximum absolute atomic E-state index is 11.1. The van der Waals surface area contributed by atoms with E-state index in [-0.39, 0.29) is 11.7 Å². The molecule has 1 rings (SSSR count). The first kappa shape index (κ1) is 16.9. The van der Waals surface area contributed by atoms with Gasteiger partial charge in [-0.2, -0.15) is 8.42 Å². The van der Waals surface area contributed by atoms with Crippen molar-refractivity contribution in [1.82, 2.24) is 5.32 Å². The molecule has 1 aliphatic rings. The predicted molar refractivity (Wildman–Crippen MR) is 78.9 cm³/mol. The summed E-state index contributed by atoms with van der Waals surface area (Å²) in [6.07, 6.45) is 8.12. The van der Waals surface area contributed by atoms with Crippen LogP contribution in [0.15, 0.2) is 0 Å². The van der Waals surface area contributed by atoms with Crippen LogP contribution in [0.2, 0.25) is 0 Å². The molecule has 1 aliphatic carbocycles. The van der Waals surface area contributed by atoms with Gasteiger partial charge in [0.1, 0.15) is 0 Å². The molecule has 1 fully saturated rings. The lowest BCUT2D eigenvalue weighted by molar-refractivity contribution is 0.336. The van der Waals surface area contributed by atoms with E-state index in [0.717, 1.165) is 12.8 Å². The van der Waals surface area contributed by atoms with E-state index in [1.807, 2.05) is 0 Å². The second kappa shape index (κ2) is 8.22. The van der Waals surface area contributed by atoms with Gasteiger partial charge in [0, 0.05) is 6.04 Å². The van der Waals surface area contributed by atoms with Crippen LogP contribution in [0.5, 0.6) is 0 Å². The molecule has 0 radical (unpaired) electrons. The molecule has 0 saturated heterocycles. The molecule has 0 aromatic heterocycles. The Morgan fingerprint density at radius 1 is 1.16 bits per heavy atom. The van der Waals surface area contributed by atoms with Crippen LogP contribution in [0, 0.1) is 11.8 Å². The van der Waals surface area contributed by atoms with Crippen molar-refractivity contribution in [3.8, 4) is 0 Å². The zero-order valence-electron chi connectivity index (χ0n) is 12.3. The second-order valence-electron chi connectivity index (χ2n) is 6.33. The van der Waals surface area contributed by atoms with Crippen LogP contribution in [-0.2, 0) is 10.1 Å². The number of hydrogen-bond donors (Lipinski definition) is 2. The van der Waals surface area contributed by atoms with Gasteiger partial charge < -0.3 is 5.32 Å². The van der Waals surface area contributed by atoms with E-state index in [1.54, 1.807) is 0 Å². The van der Waals surface area contributed by atoms with Gasteiger partial charge in [-0.25, -0.2) is 0 Å². The van der Waals surface area contributed by atoms with Crippen LogP contribution >= 0.6 is 0 Å². The van der Waals surface area contributed by atoms with Crippen molar-refractivity contribution in [2.75, 3.05) is 12.3 Å². The Kier molecular flexibility index (Phi) is 7.32. The summed E-state index contributed by atoms with van der Waals surface area (Å²) in [6, 6.07) is 0.539.